The van der Waals surface area contributed by atoms with Crippen molar-refractivity contribution in [2.24, 2.45) is 5.41 Å². The molecule has 0 aromatic carbocycles. The van der Waals surface area contributed by atoms with Crippen LogP contribution in [0.4, 0.5) is 0 Å². The van der Waals surface area contributed by atoms with Crippen LogP contribution >= 0.6 is 0 Å². The Morgan fingerprint density at radius 2 is 1.79 bits per heavy atom. The molecule has 1 aliphatic heterocycles. The monoisotopic (exact) mass is 194 g/mol. The highest BCUT2D eigenvalue weighted by molar-refractivity contribution is 5.19. The van der Waals surface area contributed by atoms with Crippen LogP contribution in [0, 0.1) is 16.7 Å². The first kappa shape index (κ1) is 9.95. The lowest BCUT2D eigenvalue weighted by atomic mass is 9.59. The molecule has 14 heavy (non-hydrogen) atoms. The fourth-order valence-electron chi connectivity index (χ4n) is 2.90. The fraction of sp³-hybridized carbons (Fsp3) is 0.909. The van der Waals surface area contributed by atoms with Crippen molar-refractivity contribution in [3.63, 3.8) is 0 Å². The van der Waals surface area contributed by atoms with Crippen LogP contribution in [-0.2, 0) is 4.74 Å². The largest absolute Gasteiger partial charge is 0.379 e. The predicted octanol–water partition coefficient (Wildman–Crippen LogP) is 1.40. The maximum absolute atomic E-state index is 9.29. The van der Waals surface area contributed by atoms with Crippen LogP contribution in [0.15, 0.2) is 0 Å². The highest BCUT2D eigenvalue weighted by Crippen LogP contribution is 2.50. The Bertz CT molecular complexity index is 253. The number of hydrogen-bond donors (Lipinski definition) is 0. The Balaban J connectivity index is 2.04. The van der Waals surface area contributed by atoms with Crippen LogP contribution in [0.2, 0.25) is 0 Å². The molecule has 2 fully saturated rings. The second-order valence-electron chi connectivity index (χ2n) is 5.26. The van der Waals surface area contributed by atoms with Crippen LogP contribution in [0.5, 0.6) is 0 Å². The summed E-state index contributed by atoms with van der Waals surface area (Å²) in [5.74, 6) is 0. The van der Waals surface area contributed by atoms with E-state index in [0.717, 1.165) is 39.1 Å². The van der Waals surface area contributed by atoms with Crippen molar-refractivity contribution >= 4 is 0 Å². The molecule has 3 nitrogen and oxygen atoms in total. The zero-order valence-corrected chi connectivity index (χ0v) is 9.05. The first-order valence-corrected chi connectivity index (χ1v) is 5.32. The normalized spacial score (nSPS) is 30.4. The van der Waals surface area contributed by atoms with Gasteiger partial charge < -0.3 is 4.74 Å². The molecule has 0 atom stereocenters. The maximum Gasteiger partial charge on any atom is 0.110 e. The van der Waals surface area contributed by atoms with Gasteiger partial charge in [-0.15, -0.1) is 0 Å². The summed E-state index contributed by atoms with van der Waals surface area (Å²) >= 11 is 0. The summed E-state index contributed by atoms with van der Waals surface area (Å²) in [6.07, 6.45) is 2.02. The molecule has 0 spiro atoms. The van der Waals surface area contributed by atoms with E-state index >= 15 is 0 Å². The molecule has 0 unspecified atom stereocenters. The van der Waals surface area contributed by atoms with Crippen LogP contribution in [-0.4, -0.2) is 36.7 Å². The van der Waals surface area contributed by atoms with Crippen LogP contribution < -0.4 is 0 Å². The minimum atomic E-state index is -0.173. The van der Waals surface area contributed by atoms with E-state index in [-0.39, 0.29) is 5.54 Å². The van der Waals surface area contributed by atoms with E-state index in [9.17, 15) is 5.26 Å². The number of hydrogen-bond acceptors (Lipinski definition) is 3. The summed E-state index contributed by atoms with van der Waals surface area (Å²) in [4.78, 5) is 2.31. The lowest BCUT2D eigenvalue weighted by Gasteiger charge is -2.55. The van der Waals surface area contributed by atoms with E-state index in [1.54, 1.807) is 0 Å². The third kappa shape index (κ3) is 1.53. The molecule has 0 N–H and O–H groups in total. The standard InChI is InChI=1S/C11H18N2O/c1-10(2)7-11(8-10,9-12)13-3-5-14-6-4-13/h3-8H2,1-2H3. The van der Waals surface area contributed by atoms with E-state index in [0.29, 0.717) is 5.41 Å². The van der Waals surface area contributed by atoms with Gasteiger partial charge in [-0.25, -0.2) is 0 Å². The SMILES string of the molecule is CC1(C)CC(C#N)(N2CCOCC2)C1. The molecular formula is C11H18N2O. The first-order chi connectivity index (χ1) is 6.58. The maximum atomic E-state index is 9.29. The van der Waals surface area contributed by atoms with E-state index in [1.807, 2.05) is 0 Å². The van der Waals surface area contributed by atoms with Gasteiger partial charge in [-0.05, 0) is 18.3 Å². The zero-order valence-electron chi connectivity index (χ0n) is 9.05. The molecule has 1 saturated heterocycles. The Morgan fingerprint density at radius 1 is 1.21 bits per heavy atom. The molecule has 1 saturated carbocycles. The van der Waals surface area contributed by atoms with Gasteiger partial charge in [-0.2, -0.15) is 5.26 Å². The van der Waals surface area contributed by atoms with Gasteiger partial charge in [0.1, 0.15) is 5.54 Å². The van der Waals surface area contributed by atoms with Crippen molar-refractivity contribution in [2.45, 2.75) is 32.2 Å². The minimum absolute atomic E-state index is 0.173. The second kappa shape index (κ2) is 3.22. The topological polar surface area (TPSA) is 36.3 Å². The minimum Gasteiger partial charge on any atom is -0.379 e. The zero-order chi connectivity index (χ0) is 10.2. The van der Waals surface area contributed by atoms with Gasteiger partial charge in [-0.1, -0.05) is 13.8 Å². The Kier molecular flexibility index (Phi) is 2.29. The van der Waals surface area contributed by atoms with Crippen LogP contribution in [0.3, 0.4) is 0 Å². The highest BCUT2D eigenvalue weighted by atomic mass is 16.5. The van der Waals surface area contributed by atoms with Gasteiger partial charge >= 0.3 is 0 Å². The van der Waals surface area contributed by atoms with Gasteiger partial charge in [0.15, 0.2) is 0 Å². The van der Waals surface area contributed by atoms with E-state index in [2.05, 4.69) is 24.8 Å². The van der Waals surface area contributed by atoms with Crippen molar-refractivity contribution in [1.29, 1.82) is 5.26 Å². The molecule has 2 rings (SSSR count). The van der Waals surface area contributed by atoms with Gasteiger partial charge in [0.05, 0.1) is 19.3 Å². The highest BCUT2D eigenvalue weighted by Gasteiger charge is 2.53. The third-order valence-electron chi connectivity index (χ3n) is 3.37. The van der Waals surface area contributed by atoms with Crippen molar-refractivity contribution in [3.05, 3.63) is 0 Å². The second-order valence-corrected chi connectivity index (χ2v) is 5.26. The molecule has 2 aliphatic rings. The average Bonchev–Trinajstić information content (AvgIpc) is 2.15. The van der Waals surface area contributed by atoms with Crippen LogP contribution in [0.25, 0.3) is 0 Å². The average molecular weight is 194 g/mol. The fourth-order valence-corrected chi connectivity index (χ4v) is 2.90. The van der Waals surface area contributed by atoms with E-state index < -0.39 is 0 Å². The predicted molar refractivity (Wildman–Crippen MR) is 53.8 cm³/mol. The van der Waals surface area contributed by atoms with Gasteiger partial charge in [-0.3, -0.25) is 4.90 Å². The Hall–Kier alpha value is -0.590. The van der Waals surface area contributed by atoms with E-state index in [4.69, 9.17) is 4.74 Å². The molecule has 3 heteroatoms. The summed E-state index contributed by atoms with van der Waals surface area (Å²) < 4.78 is 5.31. The summed E-state index contributed by atoms with van der Waals surface area (Å²) in [5.41, 5.74) is 0.182. The quantitative estimate of drug-likeness (QED) is 0.633. The third-order valence-corrected chi connectivity index (χ3v) is 3.37. The molecule has 0 bridgehead atoms. The van der Waals surface area contributed by atoms with Crippen molar-refractivity contribution in [2.75, 3.05) is 26.3 Å². The summed E-state index contributed by atoms with van der Waals surface area (Å²) in [6.45, 7) is 7.88. The lowest BCUT2D eigenvalue weighted by molar-refractivity contribution is -0.0750. The number of rotatable bonds is 1. The van der Waals surface area contributed by atoms with Gasteiger partial charge in [0.25, 0.3) is 0 Å². The first-order valence-electron chi connectivity index (χ1n) is 5.32. The van der Waals surface area contributed by atoms with E-state index in [1.165, 1.54) is 0 Å². The van der Waals surface area contributed by atoms with Crippen molar-refractivity contribution < 1.29 is 4.74 Å². The smallest absolute Gasteiger partial charge is 0.110 e. The van der Waals surface area contributed by atoms with Crippen LogP contribution in [0.1, 0.15) is 26.7 Å². The number of ether oxygens (including phenoxy) is 1. The lowest BCUT2D eigenvalue weighted by Crippen LogP contribution is -2.62. The number of nitrogens with zero attached hydrogens (tertiary/aromatic N) is 2. The summed E-state index contributed by atoms with van der Waals surface area (Å²) in [5, 5.41) is 9.29. The molecule has 1 heterocycles. The molecular weight excluding hydrogens is 176 g/mol. The Labute approximate surface area is 85.6 Å². The van der Waals surface area contributed by atoms with Gasteiger partial charge in [0.2, 0.25) is 0 Å². The Morgan fingerprint density at radius 3 is 2.21 bits per heavy atom. The number of nitriles is 1. The number of morpholine rings is 1. The molecule has 0 radical (unpaired) electrons. The summed E-state index contributed by atoms with van der Waals surface area (Å²) in [6, 6.07) is 2.51. The van der Waals surface area contributed by atoms with Crippen molar-refractivity contribution in [1.82, 2.24) is 4.90 Å². The molecule has 78 valence electrons. The summed E-state index contributed by atoms with van der Waals surface area (Å²) in [7, 11) is 0. The molecule has 0 amide bonds. The molecule has 0 aromatic heterocycles. The molecule has 1 aliphatic carbocycles. The van der Waals surface area contributed by atoms with Gasteiger partial charge in [0, 0.05) is 13.1 Å². The molecule has 0 aromatic rings. The van der Waals surface area contributed by atoms with Crippen molar-refractivity contribution in [3.8, 4) is 6.07 Å².